The summed E-state index contributed by atoms with van der Waals surface area (Å²) >= 11 is 0. The standard InChI is InChI=1S/C19H29N3O3.2C2HF3O2/c1-14-3-4-15(24-14)13-22-8-7-17-16(22)5-6-18(25-17)19(23)21-11-9-20(2)10-12-21;2*3-2(4,5)1(6)7/h3-4,16-18H,5-13H2,1-2H3;2*(H,6,7)/t16-,17-,18-;;/m1../s1. The summed E-state index contributed by atoms with van der Waals surface area (Å²) in [5.41, 5.74) is 0. The Kier molecular flexibility index (Phi) is 11.2. The Hall–Kier alpha value is -2.85. The predicted octanol–water partition coefficient (Wildman–Crippen LogP) is 2.75. The predicted molar refractivity (Wildman–Crippen MR) is 122 cm³/mol. The molecule has 4 heterocycles. The number of rotatable bonds is 3. The number of piperazine rings is 1. The molecule has 3 saturated heterocycles. The van der Waals surface area contributed by atoms with Crippen LogP contribution in [0, 0.1) is 6.92 Å². The first-order chi connectivity index (χ1) is 18.0. The molecule has 0 radical (unpaired) electrons. The summed E-state index contributed by atoms with van der Waals surface area (Å²) in [6.45, 7) is 7.41. The highest BCUT2D eigenvalue weighted by Crippen LogP contribution is 2.33. The lowest BCUT2D eigenvalue weighted by atomic mass is 9.98. The molecule has 1 aromatic rings. The number of ether oxygens (including phenoxy) is 1. The number of aliphatic carboxylic acids is 2. The van der Waals surface area contributed by atoms with Gasteiger partial charge >= 0.3 is 24.3 Å². The third-order valence-electron chi connectivity index (χ3n) is 6.39. The SMILES string of the molecule is Cc1ccc(CN2CC[C@H]3O[C@@H](C(=O)N4CCN(C)CC4)CC[C@H]32)o1.O=C(O)C(F)(F)F.O=C(O)C(F)(F)F. The summed E-state index contributed by atoms with van der Waals surface area (Å²) in [5, 5.41) is 14.2. The van der Waals surface area contributed by atoms with Crippen molar-refractivity contribution in [3.05, 3.63) is 23.7 Å². The third-order valence-corrected chi connectivity index (χ3v) is 6.39. The van der Waals surface area contributed by atoms with E-state index in [4.69, 9.17) is 29.0 Å². The molecule has 0 aliphatic carbocycles. The van der Waals surface area contributed by atoms with Crippen molar-refractivity contribution in [1.29, 1.82) is 0 Å². The number of aryl methyl sites for hydroxylation is 1. The van der Waals surface area contributed by atoms with E-state index >= 15 is 0 Å². The Labute approximate surface area is 220 Å². The number of fused-ring (bicyclic) bond motifs is 1. The van der Waals surface area contributed by atoms with E-state index in [0.29, 0.717) is 6.04 Å². The lowest BCUT2D eigenvalue weighted by Gasteiger charge is -2.39. The average Bonchev–Trinajstić information content (AvgIpc) is 3.44. The van der Waals surface area contributed by atoms with E-state index in [0.717, 1.165) is 70.1 Å². The van der Waals surface area contributed by atoms with Crippen LogP contribution in [0.5, 0.6) is 0 Å². The smallest absolute Gasteiger partial charge is 0.475 e. The summed E-state index contributed by atoms with van der Waals surface area (Å²) in [6, 6.07) is 4.50. The van der Waals surface area contributed by atoms with Crippen LogP contribution in [0.4, 0.5) is 26.3 Å². The van der Waals surface area contributed by atoms with E-state index in [1.54, 1.807) is 0 Å². The fourth-order valence-corrected chi connectivity index (χ4v) is 4.39. The van der Waals surface area contributed by atoms with Crippen molar-refractivity contribution >= 4 is 17.8 Å². The number of amides is 1. The summed E-state index contributed by atoms with van der Waals surface area (Å²) < 4.78 is 75.4. The lowest BCUT2D eigenvalue weighted by molar-refractivity contribution is -0.193. The third kappa shape index (κ3) is 10.0. The van der Waals surface area contributed by atoms with Gasteiger partial charge in [0, 0.05) is 38.8 Å². The molecule has 0 saturated carbocycles. The minimum Gasteiger partial charge on any atom is -0.475 e. The van der Waals surface area contributed by atoms with Crippen molar-refractivity contribution in [1.82, 2.24) is 14.7 Å². The van der Waals surface area contributed by atoms with E-state index in [2.05, 4.69) is 22.9 Å². The van der Waals surface area contributed by atoms with Crippen LogP contribution >= 0.6 is 0 Å². The molecule has 1 amide bonds. The van der Waals surface area contributed by atoms with Gasteiger partial charge in [0.25, 0.3) is 5.91 Å². The second-order valence-corrected chi connectivity index (χ2v) is 9.31. The number of nitrogens with zero attached hydrogens (tertiary/aromatic N) is 3. The van der Waals surface area contributed by atoms with Gasteiger partial charge in [0.05, 0.1) is 12.6 Å². The number of halogens is 6. The molecule has 222 valence electrons. The average molecular weight is 576 g/mol. The van der Waals surface area contributed by atoms with Crippen molar-refractivity contribution in [2.75, 3.05) is 39.8 Å². The monoisotopic (exact) mass is 575 g/mol. The molecule has 3 fully saturated rings. The fraction of sp³-hybridized carbons (Fsp3) is 0.696. The number of carbonyl (C=O) groups is 3. The van der Waals surface area contributed by atoms with Gasteiger partial charge in [-0.3, -0.25) is 9.69 Å². The maximum Gasteiger partial charge on any atom is 0.490 e. The number of likely N-dealkylation sites (N-methyl/N-ethyl adjacent to an activating group) is 1. The van der Waals surface area contributed by atoms with Crippen molar-refractivity contribution in [3.8, 4) is 0 Å². The van der Waals surface area contributed by atoms with Gasteiger partial charge in [-0.2, -0.15) is 26.3 Å². The highest BCUT2D eigenvalue weighted by molar-refractivity contribution is 5.81. The van der Waals surface area contributed by atoms with E-state index < -0.39 is 24.3 Å². The van der Waals surface area contributed by atoms with Crippen LogP contribution in [0.1, 0.15) is 30.8 Å². The van der Waals surface area contributed by atoms with Gasteiger partial charge in [0.1, 0.15) is 17.6 Å². The number of furan rings is 1. The normalized spacial score (nSPS) is 24.1. The fourth-order valence-electron chi connectivity index (χ4n) is 4.39. The first kappa shape index (κ1) is 32.4. The quantitative estimate of drug-likeness (QED) is 0.524. The van der Waals surface area contributed by atoms with Crippen LogP contribution in [0.25, 0.3) is 0 Å². The first-order valence-corrected chi connectivity index (χ1v) is 12.0. The second-order valence-electron chi connectivity index (χ2n) is 9.31. The summed E-state index contributed by atoms with van der Waals surface area (Å²) in [5.74, 6) is -3.33. The highest BCUT2D eigenvalue weighted by atomic mass is 19.4. The van der Waals surface area contributed by atoms with Gasteiger partial charge in [0.15, 0.2) is 0 Å². The maximum absolute atomic E-state index is 12.8. The number of hydrogen-bond donors (Lipinski definition) is 2. The van der Waals surface area contributed by atoms with Crippen LogP contribution in [-0.4, -0.2) is 113 Å². The molecular formula is C23H31F6N3O7. The van der Waals surface area contributed by atoms with Crippen LogP contribution in [0.2, 0.25) is 0 Å². The van der Waals surface area contributed by atoms with E-state index in [1.807, 2.05) is 17.9 Å². The van der Waals surface area contributed by atoms with Crippen molar-refractivity contribution in [2.45, 2.75) is 63.3 Å². The zero-order valence-corrected chi connectivity index (χ0v) is 21.3. The van der Waals surface area contributed by atoms with Crippen molar-refractivity contribution in [2.24, 2.45) is 0 Å². The molecule has 16 heteroatoms. The summed E-state index contributed by atoms with van der Waals surface area (Å²) in [4.78, 5) is 37.3. The highest BCUT2D eigenvalue weighted by Gasteiger charge is 2.43. The maximum atomic E-state index is 12.8. The van der Waals surface area contributed by atoms with E-state index in [9.17, 15) is 31.1 Å². The van der Waals surface area contributed by atoms with Gasteiger partial charge in [-0.1, -0.05) is 0 Å². The Bertz CT molecular complexity index is 952. The molecule has 0 bridgehead atoms. The van der Waals surface area contributed by atoms with E-state index in [1.165, 1.54) is 0 Å². The van der Waals surface area contributed by atoms with Crippen molar-refractivity contribution in [3.63, 3.8) is 0 Å². The van der Waals surface area contributed by atoms with Gasteiger partial charge in [-0.05, 0) is 45.4 Å². The number of hydrogen-bond acceptors (Lipinski definition) is 7. The Morgan fingerprint density at radius 2 is 1.44 bits per heavy atom. The Morgan fingerprint density at radius 3 is 1.90 bits per heavy atom. The molecule has 1 aromatic heterocycles. The minimum atomic E-state index is -5.08. The number of likely N-dealkylation sites (tertiary alicyclic amines) is 1. The molecule has 4 rings (SSSR count). The molecule has 3 aliphatic heterocycles. The molecule has 3 atom stereocenters. The molecule has 39 heavy (non-hydrogen) atoms. The summed E-state index contributed by atoms with van der Waals surface area (Å²) in [6.07, 6.45) is -7.34. The van der Waals surface area contributed by atoms with E-state index in [-0.39, 0.29) is 18.1 Å². The number of alkyl halides is 6. The van der Waals surface area contributed by atoms with Gasteiger partial charge in [0.2, 0.25) is 0 Å². The second kappa shape index (κ2) is 13.5. The van der Waals surface area contributed by atoms with Crippen LogP contribution in [-0.2, 0) is 25.7 Å². The lowest BCUT2D eigenvalue weighted by Crippen LogP contribution is -2.53. The minimum absolute atomic E-state index is 0.186. The molecule has 0 aromatic carbocycles. The molecule has 3 aliphatic rings. The number of carboxylic acids is 2. The van der Waals surface area contributed by atoms with Crippen LogP contribution < -0.4 is 0 Å². The molecule has 2 N–H and O–H groups in total. The zero-order chi connectivity index (χ0) is 29.5. The number of carboxylic acid groups (broad SMARTS) is 2. The van der Waals surface area contributed by atoms with Gasteiger partial charge in [-0.15, -0.1) is 0 Å². The topological polar surface area (TPSA) is 124 Å². The first-order valence-electron chi connectivity index (χ1n) is 12.0. The molecular weight excluding hydrogens is 544 g/mol. The van der Waals surface area contributed by atoms with Crippen molar-refractivity contribution < 1.29 is 60.1 Å². The Morgan fingerprint density at radius 1 is 0.897 bits per heavy atom. The summed E-state index contributed by atoms with van der Waals surface area (Å²) in [7, 11) is 2.11. The number of carbonyl (C=O) groups excluding carboxylic acids is 1. The zero-order valence-electron chi connectivity index (χ0n) is 21.3. The van der Waals surface area contributed by atoms with Gasteiger partial charge < -0.3 is 29.2 Å². The molecule has 0 unspecified atom stereocenters. The van der Waals surface area contributed by atoms with Gasteiger partial charge in [-0.25, -0.2) is 9.59 Å². The molecule has 0 spiro atoms. The van der Waals surface area contributed by atoms with Crippen LogP contribution in [0.15, 0.2) is 16.5 Å². The van der Waals surface area contributed by atoms with Crippen LogP contribution in [0.3, 0.4) is 0 Å². The molecule has 10 nitrogen and oxygen atoms in total. The largest absolute Gasteiger partial charge is 0.490 e. The Balaban J connectivity index is 0.000000317.